The molecule has 0 aromatic rings. The monoisotopic (exact) mass is 345 g/mol. The van der Waals surface area contributed by atoms with Gasteiger partial charge in [0.05, 0.1) is 0 Å². The van der Waals surface area contributed by atoms with Crippen LogP contribution in [0.1, 0.15) is 104 Å². The van der Waals surface area contributed by atoms with E-state index in [1.54, 1.807) is 0 Å². The minimum atomic E-state index is 0. The van der Waals surface area contributed by atoms with E-state index >= 15 is 0 Å². The predicted molar refractivity (Wildman–Crippen MR) is 110 cm³/mol. The Morgan fingerprint density at radius 3 is 1.43 bits per heavy atom. The van der Waals surface area contributed by atoms with Crippen LogP contribution in [-0.4, -0.2) is 24.5 Å². The molecule has 0 spiro atoms. The molecule has 1 nitrogen and oxygen atoms in total. The minimum Gasteiger partial charge on any atom is -0.300 e. The maximum atomic E-state index is 4.06. The summed E-state index contributed by atoms with van der Waals surface area (Å²) in [5.74, 6) is 0. The van der Waals surface area contributed by atoms with Crippen molar-refractivity contribution < 1.29 is 0 Å². The first-order valence-electron chi connectivity index (χ1n) is 9.94. The van der Waals surface area contributed by atoms with Crippen molar-refractivity contribution in [3.05, 3.63) is 12.7 Å². The summed E-state index contributed by atoms with van der Waals surface area (Å²) in [6.45, 7) is 8.63. The average Bonchev–Trinajstić information content (AvgIpc) is 2.52. The molecular formula is C21H44ClN. The van der Waals surface area contributed by atoms with Gasteiger partial charge in [-0.15, -0.1) is 19.0 Å². The number of rotatable bonds is 16. The molecule has 0 aliphatic heterocycles. The zero-order chi connectivity index (χ0) is 16.7. The molecule has 0 aliphatic carbocycles. The van der Waals surface area contributed by atoms with Crippen LogP contribution in [-0.2, 0) is 0 Å². The van der Waals surface area contributed by atoms with Gasteiger partial charge in [0.2, 0.25) is 0 Å². The lowest BCUT2D eigenvalue weighted by molar-refractivity contribution is 0.182. The van der Waals surface area contributed by atoms with E-state index in [9.17, 15) is 0 Å². The molecule has 0 saturated carbocycles. The van der Waals surface area contributed by atoms with Crippen LogP contribution < -0.4 is 0 Å². The first kappa shape index (κ1) is 25.2. The maximum absolute atomic E-state index is 4.06. The summed E-state index contributed by atoms with van der Waals surface area (Å²) in [6.07, 6.45) is 21.7. The van der Waals surface area contributed by atoms with Crippen molar-refractivity contribution in [1.29, 1.82) is 0 Å². The summed E-state index contributed by atoms with van der Waals surface area (Å²) in [5.41, 5.74) is 0.221. The Hall–Kier alpha value is -0.0100. The lowest BCUT2D eigenvalue weighted by Gasteiger charge is -2.36. The third-order valence-corrected chi connectivity index (χ3v) is 5.35. The Morgan fingerprint density at radius 1 is 0.739 bits per heavy atom. The van der Waals surface area contributed by atoms with Gasteiger partial charge < -0.3 is 4.90 Å². The van der Waals surface area contributed by atoms with Gasteiger partial charge in [-0.1, -0.05) is 97.0 Å². The summed E-state index contributed by atoms with van der Waals surface area (Å²) < 4.78 is 0. The van der Waals surface area contributed by atoms with Crippen molar-refractivity contribution >= 4 is 12.4 Å². The quantitative estimate of drug-likeness (QED) is 0.208. The highest BCUT2D eigenvalue weighted by molar-refractivity contribution is 5.85. The largest absolute Gasteiger partial charge is 0.300 e. The molecule has 0 aromatic heterocycles. The first-order valence-corrected chi connectivity index (χ1v) is 9.94. The van der Waals surface area contributed by atoms with Crippen molar-refractivity contribution in [2.24, 2.45) is 0 Å². The molecule has 1 unspecified atom stereocenters. The Bertz CT molecular complexity index is 252. The lowest BCUT2D eigenvalue weighted by Crippen LogP contribution is -2.41. The van der Waals surface area contributed by atoms with E-state index in [2.05, 4.69) is 45.5 Å². The Kier molecular flexibility index (Phi) is 18.5. The van der Waals surface area contributed by atoms with E-state index in [4.69, 9.17) is 0 Å². The standard InChI is InChI=1S/C21H43N.ClH/c1-6-9-10-11-12-13-14-15-16-17-18-19-20-21(7-2,8-3)22(4)5;/h7H,2,6,8-20H2,1,3-5H3;1H. The Labute approximate surface area is 153 Å². The second-order valence-electron chi connectivity index (χ2n) is 7.19. The van der Waals surface area contributed by atoms with Crippen LogP contribution in [0.4, 0.5) is 0 Å². The molecule has 0 bridgehead atoms. The fourth-order valence-corrected chi connectivity index (χ4v) is 3.42. The number of likely N-dealkylation sites (N-methyl/N-ethyl adjacent to an activating group) is 1. The van der Waals surface area contributed by atoms with Gasteiger partial charge in [0, 0.05) is 5.54 Å². The molecule has 0 aromatic carbocycles. The molecule has 0 N–H and O–H groups in total. The molecule has 0 amide bonds. The normalized spacial score (nSPS) is 13.6. The van der Waals surface area contributed by atoms with Crippen molar-refractivity contribution in [1.82, 2.24) is 4.90 Å². The van der Waals surface area contributed by atoms with Crippen molar-refractivity contribution in [3.8, 4) is 0 Å². The fourth-order valence-electron chi connectivity index (χ4n) is 3.42. The average molecular weight is 346 g/mol. The van der Waals surface area contributed by atoms with Gasteiger partial charge in [0.15, 0.2) is 0 Å². The van der Waals surface area contributed by atoms with Gasteiger partial charge in [-0.3, -0.25) is 0 Å². The molecule has 1 atom stereocenters. The summed E-state index contributed by atoms with van der Waals surface area (Å²) in [6, 6.07) is 0. The molecule has 0 heterocycles. The van der Waals surface area contributed by atoms with E-state index in [0.29, 0.717) is 0 Å². The van der Waals surface area contributed by atoms with E-state index in [1.165, 1.54) is 89.9 Å². The number of unbranched alkanes of at least 4 members (excludes halogenated alkanes) is 11. The van der Waals surface area contributed by atoms with Crippen LogP contribution >= 0.6 is 12.4 Å². The van der Waals surface area contributed by atoms with E-state index in [-0.39, 0.29) is 17.9 Å². The van der Waals surface area contributed by atoms with Gasteiger partial charge in [0.25, 0.3) is 0 Å². The van der Waals surface area contributed by atoms with Crippen LogP contribution in [0.3, 0.4) is 0 Å². The molecule has 0 saturated heterocycles. The summed E-state index contributed by atoms with van der Waals surface area (Å²) in [7, 11) is 4.37. The smallest absolute Gasteiger partial charge is 0.0380 e. The zero-order valence-electron chi connectivity index (χ0n) is 16.5. The molecule has 0 aliphatic rings. The summed E-state index contributed by atoms with van der Waals surface area (Å²) in [5, 5.41) is 0. The summed E-state index contributed by atoms with van der Waals surface area (Å²) >= 11 is 0. The second kappa shape index (κ2) is 16.8. The SMILES string of the molecule is C=CC(CC)(CCCCCCCCCCCCCC)N(C)C.Cl. The van der Waals surface area contributed by atoms with Crippen molar-refractivity contribution in [2.75, 3.05) is 14.1 Å². The maximum Gasteiger partial charge on any atom is 0.0380 e. The topological polar surface area (TPSA) is 3.24 Å². The minimum absolute atomic E-state index is 0. The fraction of sp³-hybridized carbons (Fsp3) is 0.905. The molecular weight excluding hydrogens is 302 g/mol. The summed E-state index contributed by atoms with van der Waals surface area (Å²) in [4.78, 5) is 2.35. The Morgan fingerprint density at radius 2 is 1.13 bits per heavy atom. The van der Waals surface area contributed by atoms with Crippen LogP contribution in [0, 0.1) is 0 Å². The van der Waals surface area contributed by atoms with Gasteiger partial charge in [-0.25, -0.2) is 0 Å². The highest BCUT2D eigenvalue weighted by atomic mass is 35.5. The van der Waals surface area contributed by atoms with Crippen molar-refractivity contribution in [2.45, 2.75) is 109 Å². The highest BCUT2D eigenvalue weighted by Gasteiger charge is 2.25. The molecule has 0 rings (SSSR count). The highest BCUT2D eigenvalue weighted by Crippen LogP contribution is 2.26. The number of hydrogen-bond donors (Lipinski definition) is 0. The predicted octanol–water partition coefficient (Wildman–Crippen LogP) is 7.40. The third-order valence-electron chi connectivity index (χ3n) is 5.35. The van der Waals surface area contributed by atoms with E-state index in [0.717, 1.165) is 0 Å². The molecule has 23 heavy (non-hydrogen) atoms. The van der Waals surface area contributed by atoms with E-state index < -0.39 is 0 Å². The third kappa shape index (κ3) is 12.1. The van der Waals surface area contributed by atoms with Gasteiger partial charge in [0.1, 0.15) is 0 Å². The van der Waals surface area contributed by atoms with Crippen LogP contribution in [0.25, 0.3) is 0 Å². The molecule has 2 heteroatoms. The van der Waals surface area contributed by atoms with E-state index in [1.807, 2.05) is 0 Å². The van der Waals surface area contributed by atoms with Crippen molar-refractivity contribution in [3.63, 3.8) is 0 Å². The number of hydrogen-bond acceptors (Lipinski definition) is 1. The first-order chi connectivity index (χ1) is 10.6. The lowest BCUT2D eigenvalue weighted by atomic mass is 9.88. The second-order valence-corrected chi connectivity index (χ2v) is 7.19. The van der Waals surface area contributed by atoms with Gasteiger partial charge in [-0.2, -0.15) is 0 Å². The van der Waals surface area contributed by atoms with Crippen LogP contribution in [0.15, 0.2) is 12.7 Å². The molecule has 0 fully saturated rings. The zero-order valence-corrected chi connectivity index (χ0v) is 17.4. The molecule has 0 radical (unpaired) electrons. The van der Waals surface area contributed by atoms with Crippen LogP contribution in [0.5, 0.6) is 0 Å². The van der Waals surface area contributed by atoms with Crippen LogP contribution in [0.2, 0.25) is 0 Å². The number of halogens is 1. The van der Waals surface area contributed by atoms with Gasteiger partial charge >= 0.3 is 0 Å². The van der Waals surface area contributed by atoms with Gasteiger partial charge in [-0.05, 0) is 26.9 Å². The number of nitrogens with zero attached hydrogens (tertiary/aromatic N) is 1. The molecule has 140 valence electrons. The Balaban J connectivity index is 0.